The molecule has 24 heavy (non-hydrogen) atoms. The Morgan fingerprint density at radius 2 is 2.08 bits per heavy atom. The molecule has 0 aliphatic carbocycles. The van der Waals surface area contributed by atoms with Crippen molar-refractivity contribution in [2.24, 2.45) is 0 Å². The maximum Gasteiger partial charge on any atom is 0.271 e. The smallest absolute Gasteiger partial charge is 0.271 e. The lowest BCUT2D eigenvalue weighted by Gasteiger charge is -2.31. The van der Waals surface area contributed by atoms with Crippen molar-refractivity contribution in [3.8, 4) is 6.07 Å². The van der Waals surface area contributed by atoms with Crippen molar-refractivity contribution < 1.29 is 9.72 Å². The molecule has 9 heteroatoms. The molecular weight excluding hydrogens is 334 g/mol. The molecule has 0 bridgehead atoms. The van der Waals surface area contributed by atoms with E-state index in [0.717, 1.165) is 19.2 Å². The molecule has 1 saturated heterocycles. The van der Waals surface area contributed by atoms with Crippen molar-refractivity contribution >= 4 is 28.9 Å². The number of anilines is 1. The minimum absolute atomic E-state index is 0.0814. The Hall–Kier alpha value is -2.63. The molecule has 0 unspecified atom stereocenters. The molecule has 0 spiro atoms. The first-order valence-corrected chi connectivity index (χ1v) is 7.58. The number of non-ortho nitro benzene ring substituents is 1. The van der Waals surface area contributed by atoms with Gasteiger partial charge in [0.15, 0.2) is 0 Å². The average molecular weight is 350 g/mol. The van der Waals surface area contributed by atoms with Crippen molar-refractivity contribution in [2.45, 2.75) is 0 Å². The van der Waals surface area contributed by atoms with E-state index in [0.29, 0.717) is 13.1 Å². The first-order chi connectivity index (χ1) is 11.4. The Morgan fingerprint density at radius 1 is 1.42 bits per heavy atom. The van der Waals surface area contributed by atoms with E-state index >= 15 is 0 Å². The highest BCUT2D eigenvalue weighted by molar-refractivity contribution is 6.34. The summed E-state index contributed by atoms with van der Waals surface area (Å²) in [5.41, 5.74) is -0.186. The van der Waals surface area contributed by atoms with E-state index in [1.165, 1.54) is 18.3 Å². The van der Waals surface area contributed by atoms with Gasteiger partial charge in [0.25, 0.3) is 11.6 Å². The minimum atomic E-state index is -0.654. The van der Waals surface area contributed by atoms with Crippen LogP contribution in [0.1, 0.15) is 0 Å². The molecule has 1 amide bonds. The maximum absolute atomic E-state index is 12.2. The van der Waals surface area contributed by atoms with Crippen LogP contribution in [0.4, 0.5) is 11.4 Å². The maximum atomic E-state index is 12.2. The van der Waals surface area contributed by atoms with Gasteiger partial charge in [-0.15, -0.1) is 0 Å². The number of nitro groups is 1. The van der Waals surface area contributed by atoms with Crippen molar-refractivity contribution in [1.29, 1.82) is 5.26 Å². The molecule has 0 saturated carbocycles. The number of carbonyl (C=O) groups is 1. The highest BCUT2D eigenvalue weighted by Crippen LogP contribution is 2.27. The van der Waals surface area contributed by atoms with Crippen molar-refractivity contribution in [1.82, 2.24) is 9.80 Å². The third kappa shape index (κ3) is 4.44. The number of nitrogens with one attached hydrogen (secondary N) is 1. The van der Waals surface area contributed by atoms with Crippen LogP contribution in [0.2, 0.25) is 5.02 Å². The molecule has 1 aromatic carbocycles. The number of piperazine rings is 1. The fourth-order valence-corrected chi connectivity index (χ4v) is 2.35. The molecule has 1 fully saturated rings. The van der Waals surface area contributed by atoms with Gasteiger partial charge in [0, 0.05) is 44.5 Å². The van der Waals surface area contributed by atoms with Gasteiger partial charge in [0.2, 0.25) is 0 Å². The van der Waals surface area contributed by atoms with E-state index in [-0.39, 0.29) is 22.0 Å². The Labute approximate surface area is 144 Å². The zero-order valence-electron chi connectivity index (χ0n) is 13.0. The van der Waals surface area contributed by atoms with Gasteiger partial charge in [-0.2, -0.15) is 5.26 Å². The quantitative estimate of drug-likeness (QED) is 0.385. The molecule has 0 aromatic heterocycles. The monoisotopic (exact) mass is 349 g/mol. The normalized spacial score (nSPS) is 15.7. The third-order valence-electron chi connectivity index (χ3n) is 3.62. The van der Waals surface area contributed by atoms with Crippen LogP contribution in [-0.4, -0.2) is 53.9 Å². The van der Waals surface area contributed by atoms with Crippen molar-refractivity contribution in [3.63, 3.8) is 0 Å². The number of nitrogens with zero attached hydrogens (tertiary/aromatic N) is 4. The number of rotatable bonds is 4. The number of likely N-dealkylation sites (N-methyl/N-ethyl adjacent to an activating group) is 1. The highest BCUT2D eigenvalue weighted by atomic mass is 35.5. The summed E-state index contributed by atoms with van der Waals surface area (Å²) in [5.74, 6) is -0.654. The van der Waals surface area contributed by atoms with Gasteiger partial charge in [-0.25, -0.2) is 0 Å². The van der Waals surface area contributed by atoms with Crippen LogP contribution in [0, 0.1) is 21.4 Å². The molecule has 8 nitrogen and oxygen atoms in total. The molecule has 2 rings (SSSR count). The summed E-state index contributed by atoms with van der Waals surface area (Å²) in [6, 6.07) is 5.58. The zero-order valence-corrected chi connectivity index (χ0v) is 13.8. The van der Waals surface area contributed by atoms with Gasteiger partial charge < -0.3 is 15.1 Å². The predicted octanol–water partition coefficient (Wildman–Crippen LogP) is 1.84. The van der Waals surface area contributed by atoms with Gasteiger partial charge in [0.1, 0.15) is 11.6 Å². The second-order valence-electron chi connectivity index (χ2n) is 5.37. The van der Waals surface area contributed by atoms with E-state index in [4.69, 9.17) is 11.6 Å². The van der Waals surface area contributed by atoms with E-state index < -0.39 is 10.8 Å². The van der Waals surface area contributed by atoms with Gasteiger partial charge in [-0.1, -0.05) is 11.6 Å². The lowest BCUT2D eigenvalue weighted by Crippen LogP contribution is -2.42. The summed E-state index contributed by atoms with van der Waals surface area (Å²) in [6.07, 6.45) is 1.51. The average Bonchev–Trinajstić information content (AvgIpc) is 2.56. The number of benzene rings is 1. The van der Waals surface area contributed by atoms with Crippen molar-refractivity contribution in [2.75, 3.05) is 38.5 Å². The van der Waals surface area contributed by atoms with E-state index in [1.807, 2.05) is 18.0 Å². The van der Waals surface area contributed by atoms with Gasteiger partial charge in [0.05, 0.1) is 15.6 Å². The van der Waals surface area contributed by atoms with E-state index in [2.05, 4.69) is 10.2 Å². The molecule has 1 aliphatic rings. The first-order valence-electron chi connectivity index (χ1n) is 7.20. The van der Waals surface area contributed by atoms with Gasteiger partial charge in [-0.3, -0.25) is 14.9 Å². The van der Waals surface area contributed by atoms with Gasteiger partial charge in [-0.05, 0) is 13.1 Å². The van der Waals surface area contributed by atoms with Crippen LogP contribution < -0.4 is 5.32 Å². The van der Waals surface area contributed by atoms with Crippen LogP contribution in [-0.2, 0) is 4.79 Å². The van der Waals surface area contributed by atoms with Crippen LogP contribution in [0.15, 0.2) is 30.0 Å². The Balaban J connectivity index is 2.14. The van der Waals surface area contributed by atoms with Gasteiger partial charge >= 0.3 is 0 Å². The summed E-state index contributed by atoms with van der Waals surface area (Å²) in [5, 5.41) is 22.6. The van der Waals surface area contributed by atoms with E-state index in [9.17, 15) is 20.2 Å². The lowest BCUT2D eigenvalue weighted by molar-refractivity contribution is -0.384. The number of nitriles is 1. The van der Waals surface area contributed by atoms with Crippen molar-refractivity contribution in [3.05, 3.63) is 45.1 Å². The van der Waals surface area contributed by atoms with Crippen LogP contribution in [0.5, 0.6) is 0 Å². The fourth-order valence-electron chi connectivity index (χ4n) is 2.18. The Kier molecular flexibility index (Phi) is 5.73. The van der Waals surface area contributed by atoms with Crippen LogP contribution in [0.3, 0.4) is 0 Å². The molecule has 126 valence electrons. The summed E-state index contributed by atoms with van der Waals surface area (Å²) in [7, 11) is 2.00. The van der Waals surface area contributed by atoms with Crippen LogP contribution in [0.25, 0.3) is 0 Å². The summed E-state index contributed by atoms with van der Waals surface area (Å²) in [4.78, 5) is 26.5. The first kappa shape index (κ1) is 17.7. The number of hydrogen-bond acceptors (Lipinski definition) is 6. The number of carbonyl (C=O) groups excluding carboxylic acids is 1. The zero-order chi connectivity index (χ0) is 17.7. The minimum Gasteiger partial charge on any atom is -0.374 e. The van der Waals surface area contributed by atoms with Crippen LogP contribution >= 0.6 is 11.6 Å². The van der Waals surface area contributed by atoms with E-state index in [1.54, 1.807) is 0 Å². The topological polar surface area (TPSA) is 103 Å². The molecular formula is C15H16ClN5O3. The number of hydrogen-bond donors (Lipinski definition) is 1. The molecule has 1 N–H and O–H groups in total. The summed E-state index contributed by atoms with van der Waals surface area (Å²) >= 11 is 5.95. The SMILES string of the molecule is CN1CCN(/C=C(/C#N)C(=O)Nc2cc([N+](=O)[O-])ccc2Cl)CC1. The standard InChI is InChI=1S/C15H16ClN5O3/c1-19-4-6-20(7-5-19)10-11(9-17)15(22)18-14-8-12(21(23)24)2-3-13(14)16/h2-3,8,10H,4-7H2,1H3,(H,18,22)/b11-10-. The Morgan fingerprint density at radius 3 is 2.67 bits per heavy atom. The largest absolute Gasteiger partial charge is 0.374 e. The molecule has 1 aliphatic heterocycles. The molecule has 1 heterocycles. The Bertz CT molecular complexity index is 720. The third-order valence-corrected chi connectivity index (χ3v) is 3.95. The molecule has 1 aromatic rings. The predicted molar refractivity (Wildman–Crippen MR) is 89.5 cm³/mol. The number of nitro benzene ring substituents is 1. The lowest BCUT2D eigenvalue weighted by atomic mass is 10.2. The number of halogens is 1. The summed E-state index contributed by atoms with van der Waals surface area (Å²) in [6.45, 7) is 3.11. The fraction of sp³-hybridized carbons (Fsp3) is 0.333. The summed E-state index contributed by atoms with van der Waals surface area (Å²) < 4.78 is 0. The highest BCUT2D eigenvalue weighted by Gasteiger charge is 2.17. The second kappa shape index (κ2) is 7.77. The molecule has 0 radical (unpaired) electrons. The molecule has 0 atom stereocenters. The second-order valence-corrected chi connectivity index (χ2v) is 5.78. The number of amides is 1.